The first-order valence-corrected chi connectivity index (χ1v) is 5.26. The standard InChI is InChI=1S/C12H11N3O/c1-15-7-13-10-6-9(2-3-11(10)15)12(4-5-12)14-8-16/h2-3,6-7H,4-5H2,1H3. The predicted molar refractivity (Wildman–Crippen MR) is 59.7 cm³/mol. The van der Waals surface area contributed by atoms with Crippen LogP contribution in [0.5, 0.6) is 0 Å². The van der Waals surface area contributed by atoms with Gasteiger partial charge < -0.3 is 4.57 Å². The number of nitrogens with zero attached hydrogens (tertiary/aromatic N) is 3. The van der Waals surface area contributed by atoms with Crippen molar-refractivity contribution in [3.05, 3.63) is 30.1 Å². The van der Waals surface area contributed by atoms with Gasteiger partial charge in [0.2, 0.25) is 6.08 Å². The zero-order valence-electron chi connectivity index (χ0n) is 8.97. The average molecular weight is 213 g/mol. The van der Waals surface area contributed by atoms with Crippen LogP contribution in [-0.4, -0.2) is 15.6 Å². The van der Waals surface area contributed by atoms with Crippen LogP contribution >= 0.6 is 0 Å². The van der Waals surface area contributed by atoms with Gasteiger partial charge >= 0.3 is 0 Å². The van der Waals surface area contributed by atoms with Gasteiger partial charge in [-0.2, -0.15) is 4.99 Å². The highest BCUT2D eigenvalue weighted by molar-refractivity contribution is 5.76. The van der Waals surface area contributed by atoms with Crippen LogP contribution in [0, 0.1) is 0 Å². The van der Waals surface area contributed by atoms with Crippen LogP contribution in [0.2, 0.25) is 0 Å². The van der Waals surface area contributed by atoms with Gasteiger partial charge in [0.05, 0.1) is 22.9 Å². The summed E-state index contributed by atoms with van der Waals surface area (Å²) in [6.45, 7) is 0. The molecule has 80 valence electrons. The van der Waals surface area contributed by atoms with Crippen LogP contribution in [0.1, 0.15) is 18.4 Å². The van der Waals surface area contributed by atoms with Gasteiger partial charge in [0, 0.05) is 7.05 Å². The Morgan fingerprint density at radius 3 is 3.00 bits per heavy atom. The minimum absolute atomic E-state index is 0.298. The van der Waals surface area contributed by atoms with Crippen LogP contribution in [0.15, 0.2) is 29.5 Å². The lowest BCUT2D eigenvalue weighted by atomic mass is 10.1. The highest BCUT2D eigenvalue weighted by atomic mass is 16.1. The largest absolute Gasteiger partial charge is 0.334 e. The lowest BCUT2D eigenvalue weighted by molar-refractivity contribution is 0.556. The monoisotopic (exact) mass is 213 g/mol. The molecule has 1 aliphatic rings. The lowest BCUT2D eigenvalue weighted by Gasteiger charge is -2.07. The van der Waals surface area contributed by atoms with Gasteiger partial charge in [-0.3, -0.25) is 0 Å². The smallest absolute Gasteiger partial charge is 0.235 e. The van der Waals surface area contributed by atoms with E-state index in [1.54, 1.807) is 12.4 Å². The van der Waals surface area contributed by atoms with E-state index in [9.17, 15) is 4.79 Å². The average Bonchev–Trinajstić information content (AvgIpc) is 2.99. The highest BCUT2D eigenvalue weighted by Crippen LogP contribution is 2.49. The summed E-state index contributed by atoms with van der Waals surface area (Å²) in [7, 11) is 1.96. The molecule has 0 atom stereocenters. The van der Waals surface area contributed by atoms with Crippen LogP contribution in [0.25, 0.3) is 11.0 Å². The van der Waals surface area contributed by atoms with Crippen LogP contribution in [-0.2, 0) is 17.4 Å². The van der Waals surface area contributed by atoms with Gasteiger partial charge in [-0.25, -0.2) is 9.78 Å². The second-order valence-corrected chi connectivity index (χ2v) is 4.29. The number of fused-ring (bicyclic) bond motifs is 1. The summed E-state index contributed by atoms with van der Waals surface area (Å²) < 4.78 is 1.97. The van der Waals surface area contributed by atoms with Gasteiger partial charge in [-0.05, 0) is 30.5 Å². The maximum Gasteiger partial charge on any atom is 0.235 e. The summed E-state index contributed by atoms with van der Waals surface area (Å²) in [5.74, 6) is 0. The van der Waals surface area contributed by atoms with Crippen molar-refractivity contribution in [1.82, 2.24) is 9.55 Å². The quantitative estimate of drug-likeness (QED) is 0.565. The zero-order chi connectivity index (χ0) is 11.2. The molecule has 0 radical (unpaired) electrons. The number of benzene rings is 1. The molecule has 1 fully saturated rings. The van der Waals surface area contributed by atoms with Crippen LogP contribution in [0.4, 0.5) is 0 Å². The number of carbonyl (C=O) groups excluding carboxylic acids is 1. The fourth-order valence-corrected chi connectivity index (χ4v) is 2.10. The van der Waals surface area contributed by atoms with E-state index in [1.165, 1.54) is 0 Å². The van der Waals surface area contributed by atoms with Gasteiger partial charge in [0.15, 0.2) is 0 Å². The first kappa shape index (κ1) is 9.31. The third kappa shape index (κ3) is 1.20. The molecule has 4 heteroatoms. The molecule has 1 aliphatic carbocycles. The molecule has 0 spiro atoms. The molecule has 0 amide bonds. The molecular weight excluding hydrogens is 202 g/mol. The molecule has 1 saturated carbocycles. The van der Waals surface area contributed by atoms with Crippen molar-refractivity contribution >= 4 is 17.1 Å². The van der Waals surface area contributed by atoms with Crippen molar-refractivity contribution in [3.63, 3.8) is 0 Å². The summed E-state index contributed by atoms with van der Waals surface area (Å²) in [5, 5.41) is 0. The van der Waals surface area contributed by atoms with Gasteiger partial charge in [-0.15, -0.1) is 0 Å². The number of aryl methyl sites for hydroxylation is 1. The summed E-state index contributed by atoms with van der Waals surface area (Å²) in [6, 6.07) is 6.07. The van der Waals surface area contributed by atoms with Gasteiger partial charge in [0.1, 0.15) is 0 Å². The van der Waals surface area contributed by atoms with Crippen molar-refractivity contribution in [2.24, 2.45) is 12.0 Å². The Bertz CT molecular complexity index is 604. The van der Waals surface area contributed by atoms with E-state index in [0.717, 1.165) is 29.4 Å². The first-order valence-electron chi connectivity index (χ1n) is 5.26. The minimum Gasteiger partial charge on any atom is -0.334 e. The zero-order valence-corrected chi connectivity index (χ0v) is 8.97. The summed E-state index contributed by atoms with van der Waals surface area (Å²) in [5.41, 5.74) is 2.82. The molecule has 2 aromatic rings. The summed E-state index contributed by atoms with van der Waals surface area (Å²) in [4.78, 5) is 18.6. The SMILES string of the molecule is Cn1cnc2cc(C3(N=C=O)CC3)ccc21. The number of imidazole rings is 1. The van der Waals surface area contributed by atoms with E-state index in [4.69, 9.17) is 0 Å². The Kier molecular flexibility index (Phi) is 1.76. The molecule has 1 aromatic heterocycles. The Hall–Kier alpha value is -1.93. The Labute approximate surface area is 92.6 Å². The van der Waals surface area contributed by atoms with E-state index in [-0.39, 0.29) is 5.54 Å². The molecule has 1 aromatic carbocycles. The van der Waals surface area contributed by atoms with Gasteiger partial charge in [-0.1, -0.05) is 6.07 Å². The third-order valence-corrected chi connectivity index (χ3v) is 3.25. The fraction of sp³-hybridized carbons (Fsp3) is 0.333. The number of hydrogen-bond donors (Lipinski definition) is 0. The minimum atomic E-state index is -0.298. The lowest BCUT2D eigenvalue weighted by Crippen LogP contribution is -2.01. The summed E-state index contributed by atoms with van der Waals surface area (Å²) >= 11 is 0. The molecular formula is C12H11N3O. The molecule has 16 heavy (non-hydrogen) atoms. The maximum atomic E-state index is 10.4. The Balaban J connectivity index is 2.16. The molecule has 0 saturated heterocycles. The van der Waals surface area contributed by atoms with Crippen molar-refractivity contribution < 1.29 is 4.79 Å². The van der Waals surface area contributed by atoms with E-state index in [0.29, 0.717) is 0 Å². The number of aliphatic imine (C=N–C) groups is 1. The van der Waals surface area contributed by atoms with Crippen molar-refractivity contribution in [2.75, 3.05) is 0 Å². The number of rotatable bonds is 2. The van der Waals surface area contributed by atoms with E-state index in [1.807, 2.05) is 29.8 Å². The van der Waals surface area contributed by atoms with Crippen molar-refractivity contribution in [3.8, 4) is 0 Å². The van der Waals surface area contributed by atoms with E-state index in [2.05, 4.69) is 9.98 Å². The Morgan fingerprint density at radius 2 is 2.31 bits per heavy atom. The van der Waals surface area contributed by atoms with Crippen LogP contribution < -0.4 is 0 Å². The second-order valence-electron chi connectivity index (χ2n) is 4.29. The molecule has 0 aliphatic heterocycles. The van der Waals surface area contributed by atoms with E-state index >= 15 is 0 Å². The normalized spacial score (nSPS) is 17.1. The molecule has 3 rings (SSSR count). The fourth-order valence-electron chi connectivity index (χ4n) is 2.10. The number of isocyanates is 1. The number of aromatic nitrogens is 2. The van der Waals surface area contributed by atoms with Gasteiger partial charge in [0.25, 0.3) is 0 Å². The van der Waals surface area contributed by atoms with Crippen molar-refractivity contribution in [2.45, 2.75) is 18.4 Å². The molecule has 1 heterocycles. The highest BCUT2D eigenvalue weighted by Gasteiger charge is 2.44. The predicted octanol–water partition coefficient (Wildman–Crippen LogP) is 1.90. The number of hydrogen-bond acceptors (Lipinski definition) is 3. The first-order chi connectivity index (χ1) is 7.75. The molecule has 4 nitrogen and oxygen atoms in total. The third-order valence-electron chi connectivity index (χ3n) is 3.25. The summed E-state index contributed by atoms with van der Waals surface area (Å²) in [6.07, 6.45) is 5.32. The van der Waals surface area contributed by atoms with Crippen LogP contribution in [0.3, 0.4) is 0 Å². The molecule has 0 bridgehead atoms. The van der Waals surface area contributed by atoms with Crippen molar-refractivity contribution in [1.29, 1.82) is 0 Å². The molecule has 0 N–H and O–H groups in total. The second kappa shape index (κ2) is 3.03. The topological polar surface area (TPSA) is 47.2 Å². The van der Waals surface area contributed by atoms with E-state index < -0.39 is 0 Å². The molecule has 0 unspecified atom stereocenters. The Morgan fingerprint density at radius 1 is 1.50 bits per heavy atom. The maximum absolute atomic E-state index is 10.4.